The Morgan fingerprint density at radius 3 is 2.75 bits per heavy atom. The molecule has 0 N–H and O–H groups in total. The molecule has 0 amide bonds. The first kappa shape index (κ1) is 6.84. The number of hydrogen-bond acceptors (Lipinski definition) is 4. The first-order valence-corrected chi connectivity index (χ1v) is 3.35. The van der Waals surface area contributed by atoms with Crippen LogP contribution in [0.2, 0.25) is 0 Å². The molecular formula is C8H4N4. The third-order valence-electron chi connectivity index (χ3n) is 1.26. The normalized spacial score (nSPS) is 9.67. The van der Waals surface area contributed by atoms with Crippen molar-refractivity contribution in [2.75, 3.05) is 0 Å². The first-order chi connectivity index (χ1) is 5.97. The standard InChI is InChI=1S/C8H4N4/c1-2-7(12-11-3-1)8-6-9-4-5-10-8/h1,3-5H. The number of aromatic nitrogens is 4. The van der Waals surface area contributed by atoms with E-state index in [-0.39, 0.29) is 0 Å². The molecule has 2 heterocycles. The predicted molar refractivity (Wildman–Crippen MR) is 40.7 cm³/mol. The van der Waals surface area contributed by atoms with Gasteiger partial charge in [-0.05, 0) is 6.07 Å². The van der Waals surface area contributed by atoms with Crippen molar-refractivity contribution in [3.8, 4) is 11.4 Å². The zero-order chi connectivity index (χ0) is 8.23. The van der Waals surface area contributed by atoms with Gasteiger partial charge in [-0.2, -0.15) is 5.10 Å². The van der Waals surface area contributed by atoms with E-state index in [1.54, 1.807) is 24.7 Å². The Kier molecular flexibility index (Phi) is 1.74. The molecular weight excluding hydrogens is 152 g/mol. The molecule has 0 atom stereocenters. The molecule has 0 fully saturated rings. The fraction of sp³-hybridized carbons (Fsp3) is 0. The van der Waals surface area contributed by atoms with Crippen LogP contribution >= 0.6 is 0 Å². The smallest absolute Gasteiger partial charge is 0.122 e. The molecule has 2 aromatic rings. The van der Waals surface area contributed by atoms with Gasteiger partial charge < -0.3 is 0 Å². The lowest BCUT2D eigenvalue weighted by Crippen LogP contribution is -1.89. The van der Waals surface area contributed by atoms with E-state index in [2.05, 4.69) is 32.4 Å². The van der Waals surface area contributed by atoms with E-state index in [0.717, 1.165) is 0 Å². The summed E-state index contributed by atoms with van der Waals surface area (Å²) in [7, 11) is 0. The third-order valence-corrected chi connectivity index (χ3v) is 1.26. The van der Waals surface area contributed by atoms with E-state index in [1.165, 1.54) is 0 Å². The first-order valence-electron chi connectivity index (χ1n) is 3.35. The van der Waals surface area contributed by atoms with Crippen molar-refractivity contribution < 1.29 is 0 Å². The maximum Gasteiger partial charge on any atom is 0.122 e. The molecule has 4 heteroatoms. The largest absolute Gasteiger partial charge is 0.251 e. The van der Waals surface area contributed by atoms with Gasteiger partial charge in [0, 0.05) is 18.5 Å². The van der Waals surface area contributed by atoms with Crippen LogP contribution in [0.25, 0.3) is 11.4 Å². The molecule has 0 spiro atoms. The van der Waals surface area contributed by atoms with E-state index >= 15 is 0 Å². The average Bonchev–Trinajstić information content (AvgIpc) is 2.21. The Labute approximate surface area is 69.3 Å². The van der Waals surface area contributed by atoms with Gasteiger partial charge in [0.15, 0.2) is 0 Å². The number of rotatable bonds is 1. The molecule has 2 radical (unpaired) electrons. The van der Waals surface area contributed by atoms with Crippen molar-refractivity contribution >= 4 is 0 Å². The highest BCUT2D eigenvalue weighted by Crippen LogP contribution is 2.07. The summed E-state index contributed by atoms with van der Waals surface area (Å²) in [6, 6.07) is 4.55. The van der Waals surface area contributed by atoms with Crippen molar-refractivity contribution in [2.24, 2.45) is 0 Å². The van der Waals surface area contributed by atoms with Crippen LogP contribution in [0, 0.1) is 12.3 Å². The van der Waals surface area contributed by atoms with Crippen molar-refractivity contribution in [2.45, 2.75) is 0 Å². The van der Waals surface area contributed by atoms with Gasteiger partial charge in [0.1, 0.15) is 17.6 Å². The highest BCUT2D eigenvalue weighted by Gasteiger charge is 1.99. The van der Waals surface area contributed by atoms with Gasteiger partial charge in [0.2, 0.25) is 0 Å². The molecule has 0 saturated carbocycles. The quantitative estimate of drug-likeness (QED) is 0.604. The van der Waals surface area contributed by atoms with Gasteiger partial charge in [-0.25, -0.2) is 0 Å². The summed E-state index contributed by atoms with van der Waals surface area (Å²) >= 11 is 0. The summed E-state index contributed by atoms with van der Waals surface area (Å²) in [5, 5.41) is 7.50. The maximum absolute atomic E-state index is 4.00. The second-order valence-corrected chi connectivity index (χ2v) is 2.04. The van der Waals surface area contributed by atoms with Crippen LogP contribution in [0.5, 0.6) is 0 Å². The molecule has 2 rings (SSSR count). The van der Waals surface area contributed by atoms with Gasteiger partial charge >= 0.3 is 0 Å². The minimum absolute atomic E-state index is 0.561. The summed E-state index contributed by atoms with van der Waals surface area (Å²) in [6.45, 7) is 0. The maximum atomic E-state index is 4.00. The van der Waals surface area contributed by atoms with Crippen molar-refractivity contribution in [3.63, 3.8) is 0 Å². The summed E-state index contributed by atoms with van der Waals surface area (Å²) < 4.78 is 0. The van der Waals surface area contributed by atoms with Crippen LogP contribution in [0.3, 0.4) is 0 Å². The fourth-order valence-corrected chi connectivity index (χ4v) is 0.768. The van der Waals surface area contributed by atoms with Crippen molar-refractivity contribution in [1.82, 2.24) is 20.2 Å². The molecule has 0 aliphatic carbocycles. The van der Waals surface area contributed by atoms with Crippen molar-refractivity contribution in [3.05, 3.63) is 36.9 Å². The Hall–Kier alpha value is -1.84. The van der Waals surface area contributed by atoms with Crippen LogP contribution in [0.1, 0.15) is 0 Å². The van der Waals surface area contributed by atoms with Crippen LogP contribution in [0.4, 0.5) is 0 Å². The zero-order valence-corrected chi connectivity index (χ0v) is 6.10. The zero-order valence-electron chi connectivity index (χ0n) is 6.10. The monoisotopic (exact) mass is 156 g/mol. The number of hydrogen-bond donors (Lipinski definition) is 0. The molecule has 12 heavy (non-hydrogen) atoms. The van der Waals surface area contributed by atoms with E-state index < -0.39 is 0 Å². The van der Waals surface area contributed by atoms with E-state index in [4.69, 9.17) is 0 Å². The van der Waals surface area contributed by atoms with Gasteiger partial charge in [0.05, 0.1) is 6.20 Å². The topological polar surface area (TPSA) is 51.6 Å². The third kappa shape index (κ3) is 1.27. The highest BCUT2D eigenvalue weighted by atomic mass is 15.1. The van der Waals surface area contributed by atoms with Crippen LogP contribution in [0.15, 0.2) is 24.7 Å². The van der Waals surface area contributed by atoms with Gasteiger partial charge in [-0.1, -0.05) is 0 Å². The molecule has 0 aromatic carbocycles. The van der Waals surface area contributed by atoms with E-state index in [9.17, 15) is 0 Å². The van der Waals surface area contributed by atoms with Gasteiger partial charge in [-0.15, -0.1) is 5.10 Å². The minimum Gasteiger partial charge on any atom is -0.251 e. The Morgan fingerprint density at radius 1 is 1.08 bits per heavy atom. The van der Waals surface area contributed by atoms with Gasteiger partial charge in [-0.3, -0.25) is 9.97 Å². The minimum atomic E-state index is 0.561. The second kappa shape index (κ2) is 3.04. The number of nitrogens with zero attached hydrogens (tertiary/aromatic N) is 4. The summed E-state index contributed by atoms with van der Waals surface area (Å²) in [5.74, 6) is 0. The van der Waals surface area contributed by atoms with Crippen molar-refractivity contribution in [1.29, 1.82) is 0 Å². The summed E-state index contributed by atoms with van der Waals surface area (Å²) in [6.07, 6.45) is 7.38. The lowest BCUT2D eigenvalue weighted by atomic mass is 10.3. The van der Waals surface area contributed by atoms with Crippen LogP contribution < -0.4 is 0 Å². The van der Waals surface area contributed by atoms with Gasteiger partial charge in [0.25, 0.3) is 0 Å². The molecule has 0 aliphatic heterocycles. The predicted octanol–water partition coefficient (Wildman–Crippen LogP) is 0.534. The second-order valence-electron chi connectivity index (χ2n) is 2.04. The Balaban J connectivity index is 2.46. The van der Waals surface area contributed by atoms with E-state index in [1.807, 2.05) is 0 Å². The summed E-state index contributed by atoms with van der Waals surface area (Å²) in [4.78, 5) is 7.78. The molecule has 0 bridgehead atoms. The lowest BCUT2D eigenvalue weighted by Gasteiger charge is -1.93. The molecule has 2 aromatic heterocycles. The Bertz CT molecular complexity index is 308. The molecule has 0 unspecified atom stereocenters. The summed E-state index contributed by atoms with van der Waals surface area (Å²) in [5.41, 5.74) is 1.12. The van der Waals surface area contributed by atoms with E-state index in [0.29, 0.717) is 11.4 Å². The SMILES string of the molecule is [c]1nccnc1-c1[c]ccnn1. The highest BCUT2D eigenvalue weighted by molar-refractivity contribution is 5.49. The average molecular weight is 156 g/mol. The molecule has 0 saturated heterocycles. The molecule has 4 nitrogen and oxygen atoms in total. The lowest BCUT2D eigenvalue weighted by molar-refractivity contribution is 1.02. The molecule has 0 aliphatic rings. The fourth-order valence-electron chi connectivity index (χ4n) is 0.768. The van der Waals surface area contributed by atoms with Crippen LogP contribution in [-0.4, -0.2) is 20.2 Å². The van der Waals surface area contributed by atoms with Crippen LogP contribution in [-0.2, 0) is 0 Å². The molecule has 56 valence electrons. The Morgan fingerprint density at radius 2 is 2.08 bits per heavy atom.